The number of carbonyl (C=O) groups is 1. The molecule has 0 aliphatic heterocycles. The van der Waals surface area contributed by atoms with Gasteiger partial charge in [-0.3, -0.25) is 0 Å². The molecule has 0 heterocycles. The second-order valence-corrected chi connectivity index (χ2v) is 20.8. The number of rotatable bonds is 17. The molecular weight excluding hydrogens is 467 g/mol. The van der Waals surface area contributed by atoms with Crippen LogP contribution in [0, 0.1) is 0 Å². The van der Waals surface area contributed by atoms with E-state index in [0.29, 0.717) is 0 Å². The van der Waals surface area contributed by atoms with Gasteiger partial charge < -0.3 is 0 Å². The monoisotopic (exact) mass is 512 g/mol. The summed E-state index contributed by atoms with van der Waals surface area (Å²) in [4.78, 5) is 11.3. The second kappa shape index (κ2) is 19.2. The van der Waals surface area contributed by atoms with Gasteiger partial charge in [-0.2, -0.15) is 0 Å². The Balaban J connectivity index is 4.82. The van der Waals surface area contributed by atoms with E-state index in [0.717, 1.165) is 0 Å². The Bertz CT molecular complexity index is 498. The summed E-state index contributed by atoms with van der Waals surface area (Å²) < 4.78 is 17.1. The first-order chi connectivity index (χ1) is 14.1. The van der Waals surface area contributed by atoms with Crippen molar-refractivity contribution >= 4 is 24.3 Å². The molecular formula is C25H44O3Sn. The molecule has 0 fully saturated rings. The number of methoxy groups -OCH3 is 2. The van der Waals surface area contributed by atoms with Gasteiger partial charge in [0, 0.05) is 0 Å². The molecule has 0 aliphatic rings. The zero-order chi connectivity index (χ0) is 21.8. The van der Waals surface area contributed by atoms with Crippen molar-refractivity contribution in [1.29, 1.82) is 0 Å². The molecule has 0 N–H and O–H groups in total. The van der Waals surface area contributed by atoms with Crippen molar-refractivity contribution in [3.05, 3.63) is 46.6 Å². The Morgan fingerprint density at radius 1 is 0.793 bits per heavy atom. The first-order valence-electron chi connectivity index (χ1n) is 11.4. The maximum atomic E-state index is 11.3. The molecule has 0 rings (SSSR count). The van der Waals surface area contributed by atoms with Crippen LogP contribution in [0.5, 0.6) is 0 Å². The number of hydrogen-bond acceptors (Lipinski definition) is 3. The SMILES string of the molecule is CCC[CH2][Sn](/[CH]=C/C=C\C=C\C=C/[C@H](CC(=O)OC)OC)([CH2]CCC)[CH2]CCC. The Hall–Kier alpha value is -0.811. The van der Waals surface area contributed by atoms with Gasteiger partial charge in [0.05, 0.1) is 7.11 Å². The van der Waals surface area contributed by atoms with Crippen molar-refractivity contribution in [2.45, 2.75) is 85.1 Å². The second-order valence-electron chi connectivity index (χ2n) is 7.74. The zero-order valence-electron chi connectivity index (χ0n) is 19.5. The fraction of sp³-hybridized carbons (Fsp3) is 0.640. The summed E-state index contributed by atoms with van der Waals surface area (Å²) in [5, 5.41) is 0. The summed E-state index contributed by atoms with van der Waals surface area (Å²) in [5.74, 6) is -0.264. The van der Waals surface area contributed by atoms with Crippen molar-refractivity contribution in [1.82, 2.24) is 0 Å². The van der Waals surface area contributed by atoms with Crippen molar-refractivity contribution in [2.24, 2.45) is 0 Å². The van der Waals surface area contributed by atoms with Gasteiger partial charge in [0.25, 0.3) is 0 Å². The van der Waals surface area contributed by atoms with E-state index in [9.17, 15) is 4.79 Å². The van der Waals surface area contributed by atoms with E-state index in [2.05, 4.69) is 47.8 Å². The molecule has 0 saturated heterocycles. The van der Waals surface area contributed by atoms with Crippen LogP contribution in [0.15, 0.2) is 46.6 Å². The molecule has 0 spiro atoms. The number of unbranched alkanes of at least 4 members (excludes halogenated alkanes) is 3. The minimum absolute atomic E-state index is 0.234. The summed E-state index contributed by atoms with van der Waals surface area (Å²) in [6.45, 7) is 6.95. The molecule has 3 nitrogen and oxygen atoms in total. The standard InChI is InChI=1S/C13H17O3.3C4H9.Sn/c1-4-5-6-7-8-9-10-12(15-2)11-13(14)16-3;3*1-3-4-2;/h1,4-10,12H,11H2,2-3H3;3*1,3-4H2,2H3;/b4-1?,6-5-,8-7+,10-9-;;;;/t12-;;;;/m1..../s1. The maximum absolute atomic E-state index is 11.3. The number of ether oxygens (including phenoxy) is 2. The van der Waals surface area contributed by atoms with E-state index in [1.54, 1.807) is 7.11 Å². The van der Waals surface area contributed by atoms with Crippen molar-refractivity contribution in [3.8, 4) is 0 Å². The number of hydrogen-bond donors (Lipinski definition) is 0. The molecule has 0 aromatic rings. The van der Waals surface area contributed by atoms with Gasteiger partial charge in [-0.1, -0.05) is 0 Å². The number of allylic oxidation sites excluding steroid dienone is 6. The van der Waals surface area contributed by atoms with Gasteiger partial charge in [0.15, 0.2) is 0 Å². The Morgan fingerprint density at radius 2 is 1.28 bits per heavy atom. The van der Waals surface area contributed by atoms with Crippen LogP contribution in [0.25, 0.3) is 0 Å². The van der Waals surface area contributed by atoms with Gasteiger partial charge >= 0.3 is 177 Å². The van der Waals surface area contributed by atoms with Crippen LogP contribution in [0.1, 0.15) is 65.7 Å². The minimum atomic E-state index is -2.15. The van der Waals surface area contributed by atoms with Crippen LogP contribution < -0.4 is 0 Å². The van der Waals surface area contributed by atoms with Crippen molar-refractivity contribution in [2.75, 3.05) is 14.2 Å². The molecule has 0 aromatic heterocycles. The van der Waals surface area contributed by atoms with E-state index < -0.39 is 18.4 Å². The average Bonchev–Trinajstić information content (AvgIpc) is 2.74. The molecule has 29 heavy (non-hydrogen) atoms. The number of carbonyl (C=O) groups excluding carboxylic acids is 1. The van der Waals surface area contributed by atoms with Crippen LogP contribution >= 0.6 is 0 Å². The zero-order valence-corrected chi connectivity index (χ0v) is 22.3. The topological polar surface area (TPSA) is 35.5 Å². The average molecular weight is 511 g/mol. The first-order valence-corrected chi connectivity index (χ1v) is 19.1. The molecule has 0 bridgehead atoms. The summed E-state index contributed by atoms with van der Waals surface area (Å²) in [5.41, 5.74) is 0. The Labute approximate surface area is 184 Å². The Morgan fingerprint density at radius 3 is 1.72 bits per heavy atom. The molecule has 0 aliphatic carbocycles. The third kappa shape index (κ3) is 14.8. The molecule has 0 unspecified atom stereocenters. The summed E-state index contributed by atoms with van der Waals surface area (Å²) in [6, 6.07) is 0. The van der Waals surface area contributed by atoms with Gasteiger partial charge in [-0.25, -0.2) is 0 Å². The predicted molar refractivity (Wildman–Crippen MR) is 129 cm³/mol. The van der Waals surface area contributed by atoms with Crippen molar-refractivity contribution < 1.29 is 14.3 Å². The third-order valence-corrected chi connectivity index (χ3v) is 19.4. The molecule has 0 amide bonds. The van der Waals surface area contributed by atoms with Gasteiger partial charge in [-0.05, 0) is 0 Å². The van der Waals surface area contributed by atoms with E-state index in [1.807, 2.05) is 24.3 Å². The van der Waals surface area contributed by atoms with Crippen molar-refractivity contribution in [3.63, 3.8) is 0 Å². The predicted octanol–water partition coefficient (Wildman–Crippen LogP) is 7.18. The van der Waals surface area contributed by atoms with Crippen LogP contribution in [-0.4, -0.2) is 44.7 Å². The summed E-state index contributed by atoms with van der Waals surface area (Å²) >= 11 is -2.15. The summed E-state index contributed by atoms with van der Waals surface area (Å²) in [6.07, 6.45) is 22.5. The normalized spacial score (nSPS) is 14.0. The molecule has 1 atom stereocenters. The number of esters is 1. The molecule has 0 aromatic carbocycles. The third-order valence-electron chi connectivity index (χ3n) is 5.31. The van der Waals surface area contributed by atoms with Gasteiger partial charge in [0.2, 0.25) is 0 Å². The van der Waals surface area contributed by atoms with E-state index in [1.165, 1.54) is 58.9 Å². The van der Waals surface area contributed by atoms with E-state index >= 15 is 0 Å². The van der Waals surface area contributed by atoms with E-state index in [4.69, 9.17) is 4.74 Å². The quantitative estimate of drug-likeness (QED) is 0.118. The van der Waals surface area contributed by atoms with Crippen LogP contribution in [0.2, 0.25) is 13.3 Å². The van der Waals surface area contributed by atoms with E-state index in [-0.39, 0.29) is 18.5 Å². The van der Waals surface area contributed by atoms with Gasteiger partial charge in [-0.15, -0.1) is 0 Å². The first kappa shape index (κ1) is 28.2. The Kier molecular flexibility index (Phi) is 18.6. The van der Waals surface area contributed by atoms with Gasteiger partial charge in [0.1, 0.15) is 0 Å². The fourth-order valence-corrected chi connectivity index (χ4v) is 17.5. The molecule has 0 radical (unpaired) electrons. The molecule has 4 heteroatoms. The molecule has 166 valence electrons. The van der Waals surface area contributed by atoms with Crippen LogP contribution in [0.4, 0.5) is 0 Å². The van der Waals surface area contributed by atoms with Crippen LogP contribution in [-0.2, 0) is 14.3 Å². The fourth-order valence-electron chi connectivity index (χ4n) is 3.39. The van der Waals surface area contributed by atoms with Crippen LogP contribution in [0.3, 0.4) is 0 Å². The summed E-state index contributed by atoms with van der Waals surface area (Å²) in [7, 11) is 2.99. The molecule has 0 saturated carbocycles.